The number of carbonyl (C=O) groups is 1. The average molecular weight is 266 g/mol. The van der Waals surface area contributed by atoms with Gasteiger partial charge in [-0.3, -0.25) is 4.79 Å². The monoisotopic (exact) mass is 265 g/mol. The molecule has 0 aromatic heterocycles. The number of halogens is 1. The van der Waals surface area contributed by atoms with Crippen molar-refractivity contribution in [3.05, 3.63) is 28.8 Å². The van der Waals surface area contributed by atoms with Crippen LogP contribution in [0, 0.1) is 17.2 Å². The molecule has 18 heavy (non-hydrogen) atoms. The Morgan fingerprint density at radius 1 is 1.61 bits per heavy atom. The minimum atomic E-state index is -0.225. The number of carbonyl (C=O) groups excluding carboxylic acids is 1. The molecule has 0 aliphatic rings. The third-order valence-corrected chi connectivity index (χ3v) is 2.98. The molecule has 0 heterocycles. The van der Waals surface area contributed by atoms with Crippen LogP contribution in [0.4, 0.5) is 5.69 Å². The molecule has 0 saturated heterocycles. The lowest BCUT2D eigenvalue weighted by Gasteiger charge is -2.14. The fraction of sp³-hybridized carbons (Fsp3) is 0.385. The summed E-state index contributed by atoms with van der Waals surface area (Å²) in [5, 5.41) is 11.9. The first-order chi connectivity index (χ1) is 8.62. The predicted molar refractivity (Wildman–Crippen MR) is 72.2 cm³/mol. The molecule has 0 saturated carbocycles. The summed E-state index contributed by atoms with van der Waals surface area (Å²) in [6, 6.07) is 6.75. The Hall–Kier alpha value is -1.57. The highest BCUT2D eigenvalue weighted by molar-refractivity contribution is 6.33. The second kappa shape index (κ2) is 7.00. The summed E-state index contributed by atoms with van der Waals surface area (Å²) < 4.78 is 0. The third kappa shape index (κ3) is 3.73. The van der Waals surface area contributed by atoms with E-state index in [-0.39, 0.29) is 11.8 Å². The van der Waals surface area contributed by atoms with Crippen molar-refractivity contribution in [1.82, 2.24) is 0 Å². The second-order valence-corrected chi connectivity index (χ2v) is 4.42. The largest absolute Gasteiger partial charge is 0.330 e. The molecule has 1 unspecified atom stereocenters. The van der Waals surface area contributed by atoms with Crippen LogP contribution in [0.15, 0.2) is 18.2 Å². The first-order valence-electron chi connectivity index (χ1n) is 5.83. The van der Waals surface area contributed by atoms with Crippen molar-refractivity contribution >= 4 is 23.2 Å². The maximum absolute atomic E-state index is 12.0. The molecule has 1 aromatic carbocycles. The fourth-order valence-corrected chi connectivity index (χ4v) is 1.79. The number of amides is 1. The molecule has 0 aliphatic carbocycles. The quantitative estimate of drug-likeness (QED) is 0.859. The maximum atomic E-state index is 12.0. The number of anilines is 1. The van der Waals surface area contributed by atoms with Gasteiger partial charge in [0.1, 0.15) is 0 Å². The number of rotatable bonds is 5. The van der Waals surface area contributed by atoms with Crippen molar-refractivity contribution in [3.8, 4) is 6.07 Å². The van der Waals surface area contributed by atoms with E-state index in [4.69, 9.17) is 22.6 Å². The van der Waals surface area contributed by atoms with Gasteiger partial charge in [-0.2, -0.15) is 5.26 Å². The highest BCUT2D eigenvalue weighted by atomic mass is 35.5. The van der Waals surface area contributed by atoms with Gasteiger partial charge >= 0.3 is 0 Å². The zero-order chi connectivity index (χ0) is 13.5. The first-order valence-corrected chi connectivity index (χ1v) is 6.20. The molecule has 0 bridgehead atoms. The lowest BCUT2D eigenvalue weighted by molar-refractivity contribution is -0.119. The number of nitrogens with two attached hydrogens (primary N) is 1. The molecule has 4 nitrogen and oxygen atoms in total. The van der Waals surface area contributed by atoms with E-state index in [9.17, 15) is 4.79 Å². The number of nitriles is 1. The van der Waals surface area contributed by atoms with Crippen LogP contribution >= 0.6 is 11.6 Å². The second-order valence-electron chi connectivity index (χ2n) is 4.02. The summed E-state index contributed by atoms with van der Waals surface area (Å²) in [6.45, 7) is 2.30. The van der Waals surface area contributed by atoms with Crippen molar-refractivity contribution in [2.75, 3.05) is 11.9 Å². The van der Waals surface area contributed by atoms with E-state index in [0.29, 0.717) is 22.8 Å². The van der Waals surface area contributed by atoms with Crippen molar-refractivity contribution in [3.63, 3.8) is 0 Å². The van der Waals surface area contributed by atoms with Crippen LogP contribution in [-0.4, -0.2) is 12.5 Å². The molecule has 0 aliphatic heterocycles. The highest BCUT2D eigenvalue weighted by Gasteiger charge is 2.16. The predicted octanol–water partition coefficient (Wildman–Crippen LogP) is 2.53. The van der Waals surface area contributed by atoms with Crippen molar-refractivity contribution in [1.29, 1.82) is 5.26 Å². The van der Waals surface area contributed by atoms with Crippen LogP contribution in [0.2, 0.25) is 5.02 Å². The Kier molecular flexibility index (Phi) is 5.63. The summed E-state index contributed by atoms with van der Waals surface area (Å²) >= 11 is 5.97. The molecule has 5 heteroatoms. The summed E-state index contributed by atoms with van der Waals surface area (Å²) in [5.41, 5.74) is 6.47. The number of hydrogen-bond acceptors (Lipinski definition) is 3. The standard InChI is InChI=1S/C13H16ClN3O/c1-2-3-10(8-16)13(18)17-12-6-9(7-15)4-5-11(12)14/h4-6,10H,2-3,8,16H2,1H3,(H,17,18). The first kappa shape index (κ1) is 14.5. The van der Waals surface area contributed by atoms with Crippen LogP contribution in [-0.2, 0) is 4.79 Å². The normalized spacial score (nSPS) is 11.7. The molecule has 3 N–H and O–H groups in total. The van der Waals surface area contributed by atoms with E-state index in [1.165, 1.54) is 0 Å². The van der Waals surface area contributed by atoms with Crippen LogP contribution in [0.5, 0.6) is 0 Å². The Balaban J connectivity index is 2.84. The Morgan fingerprint density at radius 2 is 2.33 bits per heavy atom. The van der Waals surface area contributed by atoms with E-state index >= 15 is 0 Å². The Morgan fingerprint density at radius 3 is 2.89 bits per heavy atom. The zero-order valence-corrected chi connectivity index (χ0v) is 11.0. The summed E-state index contributed by atoms with van der Waals surface area (Å²) in [4.78, 5) is 12.0. The van der Waals surface area contributed by atoms with Gasteiger partial charge in [0.15, 0.2) is 0 Å². The van der Waals surface area contributed by atoms with Gasteiger partial charge in [-0.1, -0.05) is 24.9 Å². The van der Waals surface area contributed by atoms with Gasteiger partial charge in [-0.05, 0) is 24.6 Å². The van der Waals surface area contributed by atoms with E-state index < -0.39 is 0 Å². The molecular formula is C13H16ClN3O. The molecular weight excluding hydrogens is 250 g/mol. The van der Waals surface area contributed by atoms with Crippen molar-refractivity contribution in [2.24, 2.45) is 11.7 Å². The van der Waals surface area contributed by atoms with E-state index in [1.807, 2.05) is 13.0 Å². The topological polar surface area (TPSA) is 78.9 Å². The van der Waals surface area contributed by atoms with Crippen molar-refractivity contribution in [2.45, 2.75) is 19.8 Å². The van der Waals surface area contributed by atoms with Gasteiger partial charge in [0.25, 0.3) is 0 Å². The summed E-state index contributed by atoms with van der Waals surface area (Å²) in [5.74, 6) is -0.381. The zero-order valence-electron chi connectivity index (χ0n) is 10.2. The van der Waals surface area contributed by atoms with Gasteiger partial charge in [0.05, 0.1) is 28.3 Å². The molecule has 96 valence electrons. The van der Waals surface area contributed by atoms with Crippen LogP contribution in [0.3, 0.4) is 0 Å². The van der Waals surface area contributed by atoms with Crippen LogP contribution in [0.25, 0.3) is 0 Å². The number of benzene rings is 1. The molecule has 1 atom stereocenters. The van der Waals surface area contributed by atoms with E-state index in [0.717, 1.165) is 12.8 Å². The average Bonchev–Trinajstić information content (AvgIpc) is 2.38. The van der Waals surface area contributed by atoms with E-state index in [2.05, 4.69) is 5.32 Å². The molecule has 1 amide bonds. The number of nitrogens with one attached hydrogen (secondary N) is 1. The minimum Gasteiger partial charge on any atom is -0.330 e. The molecule has 1 aromatic rings. The van der Waals surface area contributed by atoms with Gasteiger partial charge in [-0.15, -0.1) is 0 Å². The third-order valence-electron chi connectivity index (χ3n) is 2.65. The summed E-state index contributed by atoms with van der Waals surface area (Å²) in [7, 11) is 0. The van der Waals surface area contributed by atoms with Crippen LogP contribution in [0.1, 0.15) is 25.3 Å². The minimum absolute atomic E-state index is 0.156. The lowest BCUT2D eigenvalue weighted by Crippen LogP contribution is -2.29. The highest BCUT2D eigenvalue weighted by Crippen LogP contribution is 2.23. The molecule has 1 rings (SSSR count). The molecule has 0 fully saturated rings. The van der Waals surface area contributed by atoms with Crippen LogP contribution < -0.4 is 11.1 Å². The van der Waals surface area contributed by atoms with Gasteiger partial charge in [-0.25, -0.2) is 0 Å². The number of nitrogens with zero attached hydrogens (tertiary/aromatic N) is 1. The number of hydrogen-bond donors (Lipinski definition) is 2. The SMILES string of the molecule is CCCC(CN)C(=O)Nc1cc(C#N)ccc1Cl. The molecule has 0 radical (unpaired) electrons. The smallest absolute Gasteiger partial charge is 0.228 e. The lowest BCUT2D eigenvalue weighted by atomic mass is 10.0. The van der Waals surface area contributed by atoms with Gasteiger partial charge in [0, 0.05) is 6.54 Å². The fourth-order valence-electron chi connectivity index (χ4n) is 1.63. The van der Waals surface area contributed by atoms with Gasteiger partial charge < -0.3 is 11.1 Å². The summed E-state index contributed by atoms with van der Waals surface area (Å²) in [6.07, 6.45) is 1.62. The Bertz CT molecular complexity index is 468. The maximum Gasteiger partial charge on any atom is 0.228 e. The Labute approximate surface area is 112 Å². The van der Waals surface area contributed by atoms with Gasteiger partial charge in [0.2, 0.25) is 5.91 Å². The molecule has 0 spiro atoms. The van der Waals surface area contributed by atoms with Crippen molar-refractivity contribution < 1.29 is 4.79 Å². The van der Waals surface area contributed by atoms with E-state index in [1.54, 1.807) is 18.2 Å².